The normalized spacial score (nSPS) is 13.5. The van der Waals surface area contributed by atoms with Gasteiger partial charge >= 0.3 is 12.2 Å². The van der Waals surface area contributed by atoms with Gasteiger partial charge in [0.15, 0.2) is 0 Å². The molecule has 38 heavy (non-hydrogen) atoms. The number of aromatic nitrogens is 4. The molecule has 2 aromatic heterocycles. The second-order valence-electron chi connectivity index (χ2n) is 8.82. The predicted molar refractivity (Wildman–Crippen MR) is 140 cm³/mol. The van der Waals surface area contributed by atoms with Crippen molar-refractivity contribution in [2.24, 2.45) is 0 Å². The minimum atomic E-state index is -4.45. The number of alkyl halides is 3. The van der Waals surface area contributed by atoms with E-state index in [-0.39, 0.29) is 23.6 Å². The Morgan fingerprint density at radius 1 is 0.974 bits per heavy atom. The van der Waals surface area contributed by atoms with Gasteiger partial charge in [-0.05, 0) is 48.5 Å². The van der Waals surface area contributed by atoms with Crippen LogP contribution in [0, 0.1) is 0 Å². The van der Waals surface area contributed by atoms with Crippen molar-refractivity contribution in [3.8, 4) is 17.4 Å². The number of para-hydroxylation sites is 1. The highest BCUT2D eigenvalue weighted by Crippen LogP contribution is 2.32. The lowest BCUT2D eigenvalue weighted by molar-refractivity contribution is -0.137. The van der Waals surface area contributed by atoms with E-state index in [1.54, 1.807) is 24.3 Å². The lowest BCUT2D eigenvalue weighted by Crippen LogP contribution is -2.38. The van der Waals surface area contributed by atoms with Crippen molar-refractivity contribution in [1.29, 1.82) is 0 Å². The van der Waals surface area contributed by atoms with Crippen LogP contribution in [-0.4, -0.2) is 26.1 Å². The maximum absolute atomic E-state index is 13.8. The zero-order valence-electron chi connectivity index (χ0n) is 19.7. The smallest absolute Gasteiger partial charge is 0.416 e. The summed E-state index contributed by atoms with van der Waals surface area (Å²) in [4.78, 5) is 27.9. The Morgan fingerprint density at radius 2 is 1.79 bits per heavy atom. The highest BCUT2D eigenvalue weighted by Gasteiger charge is 2.31. The molecule has 11 heteroatoms. The monoisotopic (exact) mass is 581 g/mol. The summed E-state index contributed by atoms with van der Waals surface area (Å²) in [6.07, 6.45) is -4.02. The molecule has 0 spiro atoms. The summed E-state index contributed by atoms with van der Waals surface area (Å²) in [5, 5.41) is 0. The Hall–Kier alpha value is -4.12. The van der Waals surface area contributed by atoms with Gasteiger partial charge in [0.05, 0.1) is 40.1 Å². The van der Waals surface area contributed by atoms with Gasteiger partial charge in [0.2, 0.25) is 5.95 Å². The Balaban J connectivity index is 1.40. The van der Waals surface area contributed by atoms with Crippen LogP contribution in [0.25, 0.3) is 16.7 Å². The topological polar surface area (TPSA) is 76.0 Å². The van der Waals surface area contributed by atoms with Gasteiger partial charge in [0, 0.05) is 17.4 Å². The van der Waals surface area contributed by atoms with E-state index in [2.05, 4.69) is 25.9 Å². The number of benzene rings is 3. The molecule has 0 saturated carbocycles. The van der Waals surface area contributed by atoms with Gasteiger partial charge in [0.25, 0.3) is 5.56 Å². The number of hydrogen-bond acceptors (Lipinski definition) is 5. The van der Waals surface area contributed by atoms with Gasteiger partial charge in [-0.2, -0.15) is 13.2 Å². The van der Waals surface area contributed by atoms with Gasteiger partial charge in [-0.3, -0.25) is 4.79 Å². The number of nitrogens with zero attached hydrogens (tertiary/aromatic N) is 4. The summed E-state index contributed by atoms with van der Waals surface area (Å²) in [5.41, 5.74) is 1.33. The maximum atomic E-state index is 13.8. The highest BCUT2D eigenvalue weighted by molar-refractivity contribution is 9.10. The summed E-state index contributed by atoms with van der Waals surface area (Å²) in [6, 6.07) is 19.9. The molecule has 6 rings (SSSR count). The molecule has 0 unspecified atom stereocenters. The third-order valence-corrected chi connectivity index (χ3v) is 6.81. The number of fused-ring (bicyclic) bond motifs is 2. The van der Waals surface area contributed by atoms with Crippen molar-refractivity contribution in [3.05, 3.63) is 104 Å². The number of nitrogens with one attached hydrogen (secondary N) is 1. The van der Waals surface area contributed by atoms with Crippen LogP contribution in [0.4, 0.5) is 19.1 Å². The highest BCUT2D eigenvalue weighted by atomic mass is 79.9. The van der Waals surface area contributed by atoms with E-state index in [0.29, 0.717) is 47.1 Å². The average molecular weight is 582 g/mol. The Bertz CT molecular complexity index is 1720. The van der Waals surface area contributed by atoms with Crippen LogP contribution < -0.4 is 15.2 Å². The van der Waals surface area contributed by atoms with Crippen molar-refractivity contribution in [2.75, 3.05) is 11.4 Å². The molecule has 0 aliphatic carbocycles. The second kappa shape index (κ2) is 9.32. The van der Waals surface area contributed by atoms with Gasteiger partial charge < -0.3 is 14.6 Å². The van der Waals surface area contributed by atoms with Crippen LogP contribution >= 0.6 is 15.9 Å². The quantitative estimate of drug-likeness (QED) is 0.272. The number of ether oxygens (including phenoxy) is 1. The van der Waals surface area contributed by atoms with E-state index in [1.807, 2.05) is 35.2 Å². The summed E-state index contributed by atoms with van der Waals surface area (Å²) in [5.74, 6) is 0.916. The van der Waals surface area contributed by atoms with Crippen LogP contribution in [0.3, 0.4) is 0 Å². The summed E-state index contributed by atoms with van der Waals surface area (Å²) in [6.45, 7) is 0.661. The molecule has 3 heterocycles. The molecular formula is C27H19BrF3N5O2. The summed E-state index contributed by atoms with van der Waals surface area (Å²) in [7, 11) is 0. The molecule has 5 aromatic rings. The minimum absolute atomic E-state index is 0.148. The summed E-state index contributed by atoms with van der Waals surface area (Å²) < 4.78 is 47.8. The molecule has 0 radical (unpaired) electrons. The fourth-order valence-electron chi connectivity index (χ4n) is 4.47. The first kappa shape index (κ1) is 24.2. The number of aromatic amines is 1. The third kappa shape index (κ3) is 4.53. The first-order valence-electron chi connectivity index (χ1n) is 11.7. The molecule has 1 aliphatic heterocycles. The average Bonchev–Trinajstić information content (AvgIpc) is 3.32. The third-order valence-electron chi connectivity index (χ3n) is 6.31. The van der Waals surface area contributed by atoms with E-state index in [1.165, 1.54) is 10.6 Å². The van der Waals surface area contributed by atoms with E-state index in [9.17, 15) is 18.0 Å². The number of hydrogen-bond donors (Lipinski definition) is 1. The zero-order chi connectivity index (χ0) is 26.4. The van der Waals surface area contributed by atoms with E-state index in [4.69, 9.17) is 9.72 Å². The Kier molecular flexibility index (Phi) is 5.94. The molecule has 0 fully saturated rings. The van der Waals surface area contributed by atoms with Crippen LogP contribution in [0.5, 0.6) is 11.8 Å². The van der Waals surface area contributed by atoms with Gasteiger partial charge in [0.1, 0.15) is 5.75 Å². The Morgan fingerprint density at radius 3 is 2.55 bits per heavy atom. The SMILES string of the molecule is O=c1c2c(nc(Oc3cccc(Br)c3)n1-c1ccccc1)CCN(c1nc3ccc(C(F)(F)F)cc3[nH]1)C2. The fraction of sp³-hybridized carbons (Fsp3) is 0.148. The number of anilines is 1. The van der Waals surface area contributed by atoms with Crippen molar-refractivity contribution in [3.63, 3.8) is 0 Å². The van der Waals surface area contributed by atoms with Crippen LogP contribution in [0.2, 0.25) is 0 Å². The molecule has 7 nitrogen and oxygen atoms in total. The number of halogens is 4. The lowest BCUT2D eigenvalue weighted by atomic mass is 10.1. The number of imidazole rings is 1. The van der Waals surface area contributed by atoms with Crippen molar-refractivity contribution < 1.29 is 17.9 Å². The molecule has 0 amide bonds. The molecule has 1 aliphatic rings. The van der Waals surface area contributed by atoms with Gasteiger partial charge in [-0.25, -0.2) is 14.5 Å². The van der Waals surface area contributed by atoms with Crippen molar-refractivity contribution in [1.82, 2.24) is 19.5 Å². The van der Waals surface area contributed by atoms with Crippen LogP contribution in [0.15, 0.2) is 82.1 Å². The Labute approximate surface area is 222 Å². The fourth-order valence-corrected chi connectivity index (χ4v) is 4.85. The standard InChI is InChI=1S/C27H19BrF3N5O2/c28-17-5-4-8-19(14-17)38-26-34-21-11-12-35(15-20(21)24(37)36(26)18-6-2-1-3-7-18)25-32-22-10-9-16(27(29,30)31)13-23(22)33-25/h1-10,13-14H,11-12,15H2,(H,32,33). The number of rotatable bonds is 4. The van der Waals surface area contributed by atoms with Crippen LogP contribution in [0.1, 0.15) is 16.8 Å². The second-order valence-corrected chi connectivity index (χ2v) is 9.73. The molecule has 192 valence electrons. The largest absolute Gasteiger partial charge is 0.425 e. The molecule has 3 aromatic carbocycles. The maximum Gasteiger partial charge on any atom is 0.416 e. The van der Waals surface area contributed by atoms with Crippen LogP contribution in [-0.2, 0) is 19.1 Å². The number of H-pyrrole nitrogens is 1. The first-order chi connectivity index (χ1) is 18.3. The van der Waals surface area contributed by atoms with E-state index in [0.717, 1.165) is 16.6 Å². The van der Waals surface area contributed by atoms with Gasteiger partial charge in [-0.1, -0.05) is 40.2 Å². The molecule has 0 atom stereocenters. The molecule has 0 saturated heterocycles. The van der Waals surface area contributed by atoms with E-state index < -0.39 is 11.7 Å². The first-order valence-corrected chi connectivity index (χ1v) is 12.5. The minimum Gasteiger partial charge on any atom is -0.425 e. The van der Waals surface area contributed by atoms with Gasteiger partial charge in [-0.15, -0.1) is 0 Å². The molecule has 0 bridgehead atoms. The van der Waals surface area contributed by atoms with E-state index >= 15 is 0 Å². The molecule has 1 N–H and O–H groups in total. The van der Waals surface area contributed by atoms with Crippen molar-refractivity contribution >= 4 is 32.9 Å². The zero-order valence-corrected chi connectivity index (χ0v) is 21.3. The lowest BCUT2D eigenvalue weighted by Gasteiger charge is -2.28. The molecular weight excluding hydrogens is 563 g/mol. The van der Waals surface area contributed by atoms with Crippen molar-refractivity contribution in [2.45, 2.75) is 19.1 Å². The summed E-state index contributed by atoms with van der Waals surface area (Å²) >= 11 is 3.43. The predicted octanol–water partition coefficient (Wildman–Crippen LogP) is 6.25.